The molecule has 1 aromatic heterocycles. The molecule has 0 radical (unpaired) electrons. The van der Waals surface area contributed by atoms with Crippen LogP contribution >= 0.6 is 11.6 Å². The molecular formula is C19H16ClN3O. The molecule has 1 heterocycles. The van der Waals surface area contributed by atoms with E-state index in [4.69, 9.17) is 11.6 Å². The number of nitrogens with zero attached hydrogens (tertiary/aromatic N) is 2. The Bertz CT molecular complexity index is 864. The third kappa shape index (κ3) is 3.73. The highest BCUT2D eigenvalue weighted by Gasteiger charge is 2.04. The number of benzene rings is 2. The van der Waals surface area contributed by atoms with E-state index >= 15 is 0 Å². The van der Waals surface area contributed by atoms with Crippen molar-refractivity contribution in [2.45, 2.75) is 6.92 Å². The van der Waals surface area contributed by atoms with Crippen molar-refractivity contribution in [3.63, 3.8) is 0 Å². The highest BCUT2D eigenvalue weighted by atomic mass is 35.5. The van der Waals surface area contributed by atoms with Crippen molar-refractivity contribution >= 4 is 23.7 Å². The number of amides is 1. The van der Waals surface area contributed by atoms with E-state index in [-0.39, 0.29) is 5.91 Å². The minimum Gasteiger partial charge on any atom is -0.316 e. The molecule has 0 aliphatic rings. The largest absolute Gasteiger partial charge is 0.316 e. The summed E-state index contributed by atoms with van der Waals surface area (Å²) >= 11 is 5.81. The molecule has 120 valence electrons. The van der Waals surface area contributed by atoms with Crippen molar-refractivity contribution in [1.82, 2.24) is 9.99 Å². The number of hydrogen-bond donors (Lipinski definition) is 1. The fourth-order valence-electron chi connectivity index (χ4n) is 2.26. The Morgan fingerprint density at radius 2 is 1.79 bits per heavy atom. The van der Waals surface area contributed by atoms with Crippen molar-refractivity contribution in [3.05, 3.63) is 88.7 Å². The van der Waals surface area contributed by atoms with Crippen molar-refractivity contribution in [3.8, 4) is 5.69 Å². The van der Waals surface area contributed by atoms with E-state index in [1.54, 1.807) is 30.5 Å². The summed E-state index contributed by atoms with van der Waals surface area (Å²) < 4.78 is 2.00. The summed E-state index contributed by atoms with van der Waals surface area (Å²) in [4.78, 5) is 12.0. The first-order valence-corrected chi connectivity index (χ1v) is 7.85. The van der Waals surface area contributed by atoms with Crippen molar-refractivity contribution in [2.24, 2.45) is 5.10 Å². The van der Waals surface area contributed by atoms with Gasteiger partial charge in [0.05, 0.1) is 11.9 Å². The Hall–Kier alpha value is -2.85. The number of carbonyl (C=O) groups is 1. The van der Waals surface area contributed by atoms with Gasteiger partial charge in [-0.15, -0.1) is 0 Å². The van der Waals surface area contributed by atoms with Gasteiger partial charge in [0.1, 0.15) is 0 Å². The molecule has 0 bridgehead atoms. The molecule has 0 aliphatic heterocycles. The Labute approximate surface area is 145 Å². The molecule has 1 N–H and O–H groups in total. The average Bonchev–Trinajstić information content (AvgIpc) is 3.04. The number of halogens is 1. The van der Waals surface area contributed by atoms with Gasteiger partial charge in [0.15, 0.2) is 0 Å². The molecule has 0 saturated carbocycles. The van der Waals surface area contributed by atoms with Gasteiger partial charge in [0.2, 0.25) is 0 Å². The summed E-state index contributed by atoms with van der Waals surface area (Å²) in [6, 6.07) is 18.7. The maximum absolute atomic E-state index is 12.0. The number of hydrazone groups is 1. The second-order valence-corrected chi connectivity index (χ2v) is 5.78. The van der Waals surface area contributed by atoms with Crippen LogP contribution in [-0.4, -0.2) is 16.7 Å². The van der Waals surface area contributed by atoms with Crippen LogP contribution in [0.2, 0.25) is 5.02 Å². The van der Waals surface area contributed by atoms with Gasteiger partial charge in [-0.2, -0.15) is 5.10 Å². The molecule has 0 aliphatic carbocycles. The molecule has 0 saturated heterocycles. The second kappa shape index (κ2) is 7.15. The van der Waals surface area contributed by atoms with Crippen LogP contribution in [0.1, 0.15) is 21.6 Å². The van der Waals surface area contributed by atoms with E-state index in [1.165, 1.54) is 5.56 Å². The van der Waals surface area contributed by atoms with Gasteiger partial charge >= 0.3 is 0 Å². The van der Waals surface area contributed by atoms with Crippen LogP contribution in [-0.2, 0) is 0 Å². The van der Waals surface area contributed by atoms with E-state index < -0.39 is 0 Å². The lowest BCUT2D eigenvalue weighted by atomic mass is 10.2. The fourth-order valence-corrected chi connectivity index (χ4v) is 2.39. The monoisotopic (exact) mass is 337 g/mol. The van der Waals surface area contributed by atoms with Gasteiger partial charge in [-0.25, -0.2) is 5.43 Å². The molecule has 0 fully saturated rings. The predicted octanol–water partition coefficient (Wildman–Crippen LogP) is 4.20. The zero-order chi connectivity index (χ0) is 16.9. The number of hydrogen-bond acceptors (Lipinski definition) is 2. The maximum Gasteiger partial charge on any atom is 0.271 e. The zero-order valence-electron chi connectivity index (χ0n) is 13.1. The van der Waals surface area contributed by atoms with Gasteiger partial charge in [0.25, 0.3) is 5.91 Å². The summed E-state index contributed by atoms with van der Waals surface area (Å²) in [5, 5.41) is 4.63. The quantitative estimate of drug-likeness (QED) is 0.562. The van der Waals surface area contributed by atoms with Crippen molar-refractivity contribution < 1.29 is 4.79 Å². The molecule has 0 atom stereocenters. The number of nitrogens with one attached hydrogen (secondary N) is 1. The van der Waals surface area contributed by atoms with E-state index in [0.29, 0.717) is 10.6 Å². The van der Waals surface area contributed by atoms with Crippen LogP contribution in [0.25, 0.3) is 5.69 Å². The molecule has 4 nitrogen and oxygen atoms in total. The molecule has 3 aromatic rings. The molecular weight excluding hydrogens is 322 g/mol. The molecule has 2 aromatic carbocycles. The van der Waals surface area contributed by atoms with E-state index in [2.05, 4.69) is 22.7 Å². The highest BCUT2D eigenvalue weighted by molar-refractivity contribution is 6.30. The third-order valence-corrected chi connectivity index (χ3v) is 3.81. The molecule has 5 heteroatoms. The smallest absolute Gasteiger partial charge is 0.271 e. The van der Waals surface area contributed by atoms with Gasteiger partial charge in [-0.1, -0.05) is 29.3 Å². The molecule has 0 spiro atoms. The van der Waals surface area contributed by atoms with Gasteiger partial charge in [-0.05, 0) is 55.5 Å². The first kappa shape index (κ1) is 16.0. The number of carbonyl (C=O) groups excluding carboxylic acids is 1. The van der Waals surface area contributed by atoms with Crippen LogP contribution in [0.4, 0.5) is 0 Å². The number of rotatable bonds is 4. The van der Waals surface area contributed by atoms with Gasteiger partial charge in [-0.3, -0.25) is 4.79 Å². The SMILES string of the molecule is Cc1ccc(-n2cccc2/C=N\NC(=O)c2ccc(Cl)cc2)cc1. The van der Waals surface area contributed by atoms with Crippen LogP contribution in [0.5, 0.6) is 0 Å². The van der Waals surface area contributed by atoms with Crippen LogP contribution in [0, 0.1) is 6.92 Å². The highest BCUT2D eigenvalue weighted by Crippen LogP contribution is 2.12. The summed E-state index contributed by atoms with van der Waals surface area (Å²) in [7, 11) is 0. The minimum absolute atomic E-state index is 0.281. The summed E-state index contributed by atoms with van der Waals surface area (Å²) in [6.07, 6.45) is 3.57. The zero-order valence-corrected chi connectivity index (χ0v) is 13.9. The lowest BCUT2D eigenvalue weighted by Crippen LogP contribution is -2.17. The van der Waals surface area contributed by atoms with Crippen molar-refractivity contribution in [1.29, 1.82) is 0 Å². The first-order chi connectivity index (χ1) is 11.6. The Balaban J connectivity index is 1.71. The lowest BCUT2D eigenvalue weighted by Gasteiger charge is -2.06. The number of aryl methyl sites for hydroxylation is 1. The van der Waals surface area contributed by atoms with E-state index in [1.807, 2.05) is 42.0 Å². The second-order valence-electron chi connectivity index (χ2n) is 5.34. The van der Waals surface area contributed by atoms with Crippen LogP contribution in [0.3, 0.4) is 0 Å². The summed E-state index contributed by atoms with van der Waals surface area (Å²) in [5.74, 6) is -0.281. The molecule has 24 heavy (non-hydrogen) atoms. The van der Waals surface area contributed by atoms with Crippen LogP contribution < -0.4 is 5.43 Å². The average molecular weight is 338 g/mol. The molecule has 1 amide bonds. The minimum atomic E-state index is -0.281. The predicted molar refractivity (Wildman–Crippen MR) is 97.0 cm³/mol. The fraction of sp³-hybridized carbons (Fsp3) is 0.0526. The van der Waals surface area contributed by atoms with E-state index in [9.17, 15) is 4.79 Å². The summed E-state index contributed by atoms with van der Waals surface area (Å²) in [5.41, 5.74) is 6.14. The van der Waals surface area contributed by atoms with E-state index in [0.717, 1.165) is 11.4 Å². The first-order valence-electron chi connectivity index (χ1n) is 7.47. The standard InChI is InChI=1S/C19H16ClN3O/c1-14-4-10-17(11-5-14)23-12-2-3-18(23)13-21-22-19(24)15-6-8-16(20)9-7-15/h2-13H,1H3,(H,22,24)/b21-13-. The van der Waals surface area contributed by atoms with Crippen molar-refractivity contribution in [2.75, 3.05) is 0 Å². The molecule has 0 unspecified atom stereocenters. The van der Waals surface area contributed by atoms with Gasteiger partial charge in [0, 0.05) is 22.5 Å². The maximum atomic E-state index is 12.0. The van der Waals surface area contributed by atoms with Gasteiger partial charge < -0.3 is 4.57 Å². The summed E-state index contributed by atoms with van der Waals surface area (Å²) in [6.45, 7) is 2.05. The normalized spacial score (nSPS) is 10.9. The topological polar surface area (TPSA) is 46.4 Å². The molecule has 3 rings (SSSR count). The number of aromatic nitrogens is 1. The Morgan fingerprint density at radius 3 is 2.50 bits per heavy atom. The third-order valence-electron chi connectivity index (χ3n) is 3.56. The Kier molecular flexibility index (Phi) is 4.77. The van der Waals surface area contributed by atoms with Crippen LogP contribution in [0.15, 0.2) is 72.0 Å². The Morgan fingerprint density at radius 1 is 1.08 bits per heavy atom. The lowest BCUT2D eigenvalue weighted by molar-refractivity contribution is 0.0955.